The standard InChI is InChI=1S/C21H17N3O4S/c1-12(24-19(26)15-8-3-4-9-16(15)20(24)27)18(25)23-21-22-17(11-29-21)13-6-5-7-14(10-13)28-2/h3-12H,1-2H3,(H,22,23,25). The molecule has 3 aromatic rings. The lowest BCUT2D eigenvalue weighted by Crippen LogP contribution is -2.45. The van der Waals surface area contributed by atoms with Crippen LogP contribution < -0.4 is 10.1 Å². The number of nitrogens with one attached hydrogen (secondary N) is 1. The van der Waals surface area contributed by atoms with Crippen LogP contribution in [0.2, 0.25) is 0 Å². The Morgan fingerprint density at radius 2 is 1.79 bits per heavy atom. The molecule has 0 aliphatic carbocycles. The van der Waals surface area contributed by atoms with Gasteiger partial charge in [-0.05, 0) is 31.2 Å². The van der Waals surface area contributed by atoms with Crippen LogP contribution >= 0.6 is 11.3 Å². The van der Waals surface area contributed by atoms with E-state index in [0.29, 0.717) is 27.7 Å². The number of anilines is 1. The third-order valence-corrected chi connectivity index (χ3v) is 5.45. The summed E-state index contributed by atoms with van der Waals surface area (Å²) in [5, 5.41) is 4.90. The largest absolute Gasteiger partial charge is 0.497 e. The minimum absolute atomic E-state index is 0.312. The molecule has 1 unspecified atom stereocenters. The molecule has 0 saturated heterocycles. The number of fused-ring (bicyclic) bond motifs is 1. The average Bonchev–Trinajstić information content (AvgIpc) is 3.31. The number of rotatable bonds is 5. The molecule has 0 spiro atoms. The lowest BCUT2D eigenvalue weighted by atomic mass is 10.1. The Morgan fingerprint density at radius 1 is 1.10 bits per heavy atom. The Kier molecular flexibility index (Phi) is 4.85. The van der Waals surface area contributed by atoms with E-state index in [1.165, 1.54) is 18.3 Å². The van der Waals surface area contributed by atoms with E-state index in [1.54, 1.807) is 31.4 Å². The van der Waals surface area contributed by atoms with E-state index < -0.39 is 23.8 Å². The molecule has 0 saturated carbocycles. The molecule has 2 heterocycles. The molecule has 3 amide bonds. The summed E-state index contributed by atoms with van der Waals surface area (Å²) in [6.07, 6.45) is 0. The maximum absolute atomic E-state index is 12.7. The van der Waals surface area contributed by atoms with Crippen LogP contribution in [0, 0.1) is 0 Å². The zero-order valence-corrected chi connectivity index (χ0v) is 16.5. The Balaban J connectivity index is 1.50. The van der Waals surface area contributed by atoms with Crippen LogP contribution in [0.4, 0.5) is 5.13 Å². The molecule has 0 radical (unpaired) electrons. The summed E-state index contributed by atoms with van der Waals surface area (Å²) >= 11 is 1.26. The number of aromatic nitrogens is 1. The van der Waals surface area contributed by atoms with E-state index in [1.807, 2.05) is 29.6 Å². The molecule has 1 atom stereocenters. The molecule has 4 rings (SSSR count). The summed E-state index contributed by atoms with van der Waals surface area (Å²) in [7, 11) is 1.59. The van der Waals surface area contributed by atoms with Gasteiger partial charge in [0.15, 0.2) is 5.13 Å². The van der Waals surface area contributed by atoms with Gasteiger partial charge in [0.05, 0.1) is 23.9 Å². The summed E-state index contributed by atoms with van der Waals surface area (Å²) in [5.74, 6) is -0.708. The molecule has 2 aromatic carbocycles. The maximum Gasteiger partial charge on any atom is 0.262 e. The number of benzene rings is 2. The fraction of sp³-hybridized carbons (Fsp3) is 0.143. The molecular weight excluding hydrogens is 390 g/mol. The molecular formula is C21H17N3O4S. The minimum Gasteiger partial charge on any atom is -0.497 e. The van der Waals surface area contributed by atoms with Crippen LogP contribution in [0.15, 0.2) is 53.9 Å². The molecule has 0 fully saturated rings. The van der Waals surface area contributed by atoms with Gasteiger partial charge >= 0.3 is 0 Å². The third kappa shape index (κ3) is 3.38. The second-order valence-corrected chi connectivity index (χ2v) is 7.32. The summed E-state index contributed by atoms with van der Waals surface area (Å²) in [4.78, 5) is 43.2. The maximum atomic E-state index is 12.7. The third-order valence-electron chi connectivity index (χ3n) is 4.69. The van der Waals surface area contributed by atoms with Crippen molar-refractivity contribution in [1.29, 1.82) is 0 Å². The van der Waals surface area contributed by atoms with Crippen molar-refractivity contribution in [3.8, 4) is 17.0 Å². The van der Waals surface area contributed by atoms with Gasteiger partial charge in [0, 0.05) is 10.9 Å². The SMILES string of the molecule is COc1cccc(-c2csc(NC(=O)C(C)N3C(=O)c4ccccc4C3=O)n2)c1. The Hall–Kier alpha value is -3.52. The number of methoxy groups -OCH3 is 1. The smallest absolute Gasteiger partial charge is 0.262 e. The van der Waals surface area contributed by atoms with Crippen LogP contribution in [0.3, 0.4) is 0 Å². The Morgan fingerprint density at radius 3 is 2.45 bits per heavy atom. The molecule has 146 valence electrons. The first-order valence-corrected chi connectivity index (χ1v) is 9.75. The highest BCUT2D eigenvalue weighted by molar-refractivity contribution is 7.14. The molecule has 8 heteroatoms. The van der Waals surface area contributed by atoms with Crippen LogP contribution in [-0.2, 0) is 4.79 Å². The summed E-state index contributed by atoms with van der Waals surface area (Å²) in [6.45, 7) is 1.52. The van der Waals surface area contributed by atoms with Crippen LogP contribution in [-0.4, -0.2) is 40.8 Å². The fourth-order valence-corrected chi connectivity index (χ4v) is 3.86. The number of amides is 3. The number of nitrogens with zero attached hydrogens (tertiary/aromatic N) is 2. The highest BCUT2D eigenvalue weighted by Crippen LogP contribution is 2.28. The second kappa shape index (κ2) is 7.48. The van der Waals surface area contributed by atoms with Gasteiger partial charge in [0.25, 0.3) is 11.8 Å². The Labute approximate surface area is 170 Å². The van der Waals surface area contributed by atoms with Crippen molar-refractivity contribution in [2.45, 2.75) is 13.0 Å². The van der Waals surface area contributed by atoms with E-state index >= 15 is 0 Å². The summed E-state index contributed by atoms with van der Waals surface area (Å²) < 4.78 is 5.22. The predicted molar refractivity (Wildman–Crippen MR) is 109 cm³/mol. The first kappa shape index (κ1) is 18.8. The van der Waals surface area contributed by atoms with Gasteiger partial charge in [-0.1, -0.05) is 24.3 Å². The number of hydrogen-bond donors (Lipinski definition) is 1. The number of hydrogen-bond acceptors (Lipinski definition) is 6. The molecule has 0 bridgehead atoms. The van der Waals surface area contributed by atoms with Gasteiger partial charge < -0.3 is 10.1 Å². The lowest BCUT2D eigenvalue weighted by Gasteiger charge is -2.21. The quantitative estimate of drug-likeness (QED) is 0.655. The van der Waals surface area contributed by atoms with Crippen molar-refractivity contribution < 1.29 is 19.1 Å². The monoisotopic (exact) mass is 407 g/mol. The first-order valence-electron chi connectivity index (χ1n) is 8.87. The average molecular weight is 407 g/mol. The number of thiazole rings is 1. The van der Waals surface area contributed by atoms with Crippen molar-refractivity contribution in [2.75, 3.05) is 12.4 Å². The highest BCUT2D eigenvalue weighted by Gasteiger charge is 2.40. The van der Waals surface area contributed by atoms with Gasteiger partial charge in [0.1, 0.15) is 11.8 Å². The van der Waals surface area contributed by atoms with Gasteiger partial charge in [-0.2, -0.15) is 0 Å². The van der Waals surface area contributed by atoms with Crippen molar-refractivity contribution in [3.05, 3.63) is 65.0 Å². The summed E-state index contributed by atoms with van der Waals surface area (Å²) in [5.41, 5.74) is 2.17. The lowest BCUT2D eigenvalue weighted by molar-refractivity contribution is -0.119. The van der Waals surface area contributed by atoms with Gasteiger partial charge in [0.2, 0.25) is 5.91 Å². The van der Waals surface area contributed by atoms with E-state index in [0.717, 1.165) is 10.5 Å². The highest BCUT2D eigenvalue weighted by atomic mass is 32.1. The minimum atomic E-state index is -0.966. The van der Waals surface area contributed by atoms with E-state index in [2.05, 4.69) is 10.3 Å². The molecule has 1 N–H and O–H groups in total. The first-order chi connectivity index (χ1) is 14.0. The van der Waals surface area contributed by atoms with E-state index in [4.69, 9.17) is 4.74 Å². The van der Waals surface area contributed by atoms with Crippen LogP contribution in [0.5, 0.6) is 5.75 Å². The number of ether oxygens (including phenoxy) is 1. The topological polar surface area (TPSA) is 88.6 Å². The fourth-order valence-electron chi connectivity index (χ4n) is 3.13. The van der Waals surface area contributed by atoms with Gasteiger partial charge in [-0.3, -0.25) is 19.3 Å². The molecule has 1 aromatic heterocycles. The number of carbonyl (C=O) groups excluding carboxylic acids is 3. The number of carbonyl (C=O) groups is 3. The zero-order chi connectivity index (χ0) is 20.5. The molecule has 7 nitrogen and oxygen atoms in total. The normalized spacial score (nSPS) is 13.9. The van der Waals surface area contributed by atoms with Crippen molar-refractivity contribution in [1.82, 2.24) is 9.88 Å². The van der Waals surface area contributed by atoms with Crippen LogP contribution in [0.1, 0.15) is 27.6 Å². The van der Waals surface area contributed by atoms with Crippen molar-refractivity contribution >= 4 is 34.2 Å². The van der Waals surface area contributed by atoms with E-state index in [9.17, 15) is 14.4 Å². The van der Waals surface area contributed by atoms with Crippen molar-refractivity contribution in [3.63, 3.8) is 0 Å². The predicted octanol–water partition coefficient (Wildman–Crippen LogP) is 3.44. The van der Waals surface area contributed by atoms with Crippen LogP contribution in [0.25, 0.3) is 11.3 Å². The molecule has 1 aliphatic heterocycles. The van der Waals surface area contributed by atoms with Crippen molar-refractivity contribution in [2.24, 2.45) is 0 Å². The van der Waals surface area contributed by atoms with Gasteiger partial charge in [-0.25, -0.2) is 4.98 Å². The van der Waals surface area contributed by atoms with Gasteiger partial charge in [-0.15, -0.1) is 11.3 Å². The molecule has 29 heavy (non-hydrogen) atoms. The summed E-state index contributed by atoms with van der Waals surface area (Å²) in [6, 6.07) is 13.0. The Bertz CT molecular complexity index is 1090. The second-order valence-electron chi connectivity index (χ2n) is 6.46. The van der Waals surface area contributed by atoms with E-state index in [-0.39, 0.29) is 0 Å². The number of imide groups is 1. The zero-order valence-electron chi connectivity index (χ0n) is 15.7. The molecule has 1 aliphatic rings.